The zero-order chi connectivity index (χ0) is 22.6. The Kier molecular flexibility index (Phi) is 6.11. The molecule has 0 spiro atoms. The molecule has 1 amide bonds. The monoisotopic (exact) mass is 428 g/mol. The molecule has 0 aliphatic carbocycles. The molecule has 31 heavy (non-hydrogen) atoms. The number of aromatic nitrogens is 2. The number of carbonyl (C=O) groups excluding carboxylic acids is 1. The van der Waals surface area contributed by atoms with Crippen molar-refractivity contribution in [3.8, 4) is 17.5 Å². The second-order valence-corrected chi connectivity index (χ2v) is 7.41. The fraction of sp³-hybridized carbons (Fsp3) is 0.273. The summed E-state index contributed by atoms with van der Waals surface area (Å²) in [7, 11) is 0. The highest BCUT2D eigenvalue weighted by atomic mass is 19.4. The molecule has 3 rings (SSSR count). The van der Waals surface area contributed by atoms with Gasteiger partial charge in [-0.15, -0.1) is 10.2 Å². The van der Waals surface area contributed by atoms with Crippen molar-refractivity contribution in [2.75, 3.05) is 6.54 Å². The minimum absolute atomic E-state index is 0.0854. The van der Waals surface area contributed by atoms with Gasteiger partial charge < -0.3 is 9.73 Å². The van der Waals surface area contributed by atoms with Gasteiger partial charge in [-0.25, -0.2) is 0 Å². The molecule has 6 nitrogen and oxygen atoms in total. The lowest BCUT2D eigenvalue weighted by Gasteiger charge is -2.18. The maximum atomic E-state index is 12.8. The van der Waals surface area contributed by atoms with Gasteiger partial charge in [0, 0.05) is 5.56 Å². The van der Waals surface area contributed by atoms with Gasteiger partial charge in [0.05, 0.1) is 11.6 Å². The first-order chi connectivity index (χ1) is 14.6. The van der Waals surface area contributed by atoms with Crippen LogP contribution in [0, 0.1) is 11.3 Å². The van der Waals surface area contributed by atoms with Crippen LogP contribution < -0.4 is 5.32 Å². The van der Waals surface area contributed by atoms with Crippen molar-refractivity contribution in [1.82, 2.24) is 15.5 Å². The topological polar surface area (TPSA) is 91.8 Å². The molecule has 1 N–H and O–H groups in total. The molecule has 1 heterocycles. The number of hydrogen-bond donors (Lipinski definition) is 1. The predicted octanol–water partition coefficient (Wildman–Crippen LogP) is 4.26. The van der Waals surface area contributed by atoms with Crippen LogP contribution in [-0.4, -0.2) is 22.6 Å². The summed E-state index contributed by atoms with van der Waals surface area (Å²) in [6.45, 7) is 3.06. The minimum Gasteiger partial charge on any atom is -0.420 e. The van der Waals surface area contributed by atoms with Gasteiger partial charge in [0.25, 0.3) is 0 Å². The summed E-state index contributed by atoms with van der Waals surface area (Å²) < 4.78 is 44.1. The van der Waals surface area contributed by atoms with E-state index in [0.717, 1.165) is 17.7 Å². The van der Waals surface area contributed by atoms with Gasteiger partial charge in [-0.05, 0) is 49.6 Å². The Morgan fingerprint density at radius 3 is 2.42 bits per heavy atom. The van der Waals surface area contributed by atoms with Crippen LogP contribution in [0.3, 0.4) is 0 Å². The second-order valence-electron chi connectivity index (χ2n) is 7.41. The minimum atomic E-state index is -4.39. The van der Waals surface area contributed by atoms with Gasteiger partial charge in [-0.2, -0.15) is 18.4 Å². The van der Waals surface area contributed by atoms with Crippen LogP contribution in [0.25, 0.3) is 11.5 Å². The van der Waals surface area contributed by atoms with Crippen molar-refractivity contribution in [1.29, 1.82) is 5.26 Å². The molecule has 0 radical (unpaired) electrons. The van der Waals surface area contributed by atoms with Crippen LogP contribution in [0.5, 0.6) is 0 Å². The average Bonchev–Trinajstić information content (AvgIpc) is 3.23. The number of nitriles is 1. The maximum Gasteiger partial charge on any atom is 0.416 e. The van der Waals surface area contributed by atoms with Gasteiger partial charge >= 0.3 is 6.18 Å². The van der Waals surface area contributed by atoms with Crippen molar-refractivity contribution in [2.45, 2.75) is 31.9 Å². The number of nitrogens with zero attached hydrogens (tertiary/aromatic N) is 3. The van der Waals surface area contributed by atoms with Crippen molar-refractivity contribution < 1.29 is 22.4 Å². The molecular formula is C22H19F3N4O2. The van der Waals surface area contributed by atoms with Crippen LogP contribution in [0.15, 0.2) is 52.9 Å². The summed E-state index contributed by atoms with van der Waals surface area (Å²) in [5.41, 5.74) is 0.239. The average molecular weight is 428 g/mol. The molecule has 1 aromatic heterocycles. The highest BCUT2D eigenvalue weighted by molar-refractivity contribution is 5.86. The third-order valence-electron chi connectivity index (χ3n) is 4.78. The Balaban J connectivity index is 1.86. The number of hydrogen-bond acceptors (Lipinski definition) is 5. The third-order valence-corrected chi connectivity index (χ3v) is 4.78. The SMILES string of the molecule is CC(C)(C(=O)NCC#N)c1nnc(-c2ccccc2Cc2ccc(C(F)(F)F)cc2)o1. The van der Waals surface area contributed by atoms with E-state index < -0.39 is 23.1 Å². The summed E-state index contributed by atoms with van der Waals surface area (Å²) in [6, 6.07) is 14.0. The lowest BCUT2D eigenvalue weighted by Crippen LogP contribution is -2.40. The van der Waals surface area contributed by atoms with Crippen molar-refractivity contribution >= 4 is 5.91 Å². The quantitative estimate of drug-likeness (QED) is 0.592. The largest absolute Gasteiger partial charge is 0.420 e. The molecule has 160 valence electrons. The predicted molar refractivity (Wildman–Crippen MR) is 106 cm³/mol. The summed E-state index contributed by atoms with van der Waals surface area (Å²) in [6.07, 6.45) is -4.03. The highest BCUT2D eigenvalue weighted by Gasteiger charge is 2.36. The van der Waals surface area contributed by atoms with Gasteiger partial charge in [0.2, 0.25) is 17.7 Å². The lowest BCUT2D eigenvalue weighted by molar-refractivity contribution is -0.137. The number of nitrogens with one attached hydrogen (secondary N) is 1. The van der Waals surface area contributed by atoms with Gasteiger partial charge in [0.15, 0.2) is 0 Å². The van der Waals surface area contributed by atoms with Crippen molar-refractivity contribution in [3.63, 3.8) is 0 Å². The number of benzene rings is 2. The van der Waals surface area contributed by atoms with E-state index in [1.165, 1.54) is 12.1 Å². The molecule has 0 atom stereocenters. The van der Waals surface area contributed by atoms with Crippen LogP contribution >= 0.6 is 0 Å². The molecule has 0 unspecified atom stereocenters. The Morgan fingerprint density at radius 2 is 1.77 bits per heavy atom. The van der Waals surface area contributed by atoms with E-state index in [9.17, 15) is 18.0 Å². The Bertz CT molecular complexity index is 1110. The smallest absolute Gasteiger partial charge is 0.416 e. The lowest BCUT2D eigenvalue weighted by atomic mass is 9.92. The fourth-order valence-corrected chi connectivity index (χ4v) is 2.94. The highest BCUT2D eigenvalue weighted by Crippen LogP contribution is 2.31. The molecule has 9 heteroatoms. The third kappa shape index (κ3) is 4.91. The van der Waals surface area contributed by atoms with Crippen molar-refractivity contribution in [2.24, 2.45) is 0 Å². The second kappa shape index (κ2) is 8.60. The Morgan fingerprint density at radius 1 is 1.10 bits per heavy atom. The Hall–Kier alpha value is -3.67. The number of carbonyl (C=O) groups is 1. The molecule has 0 aliphatic rings. The van der Waals surface area contributed by atoms with Crippen LogP contribution in [0.1, 0.15) is 36.4 Å². The molecule has 0 aliphatic heterocycles. The van der Waals surface area contributed by atoms with Crippen LogP contribution in [-0.2, 0) is 22.8 Å². The van der Waals surface area contributed by atoms with E-state index in [1.54, 1.807) is 32.0 Å². The molecule has 0 saturated heterocycles. The van der Waals surface area contributed by atoms with Crippen LogP contribution in [0.2, 0.25) is 0 Å². The van der Waals surface area contributed by atoms with Gasteiger partial charge in [0.1, 0.15) is 12.0 Å². The van der Waals surface area contributed by atoms with E-state index in [-0.39, 0.29) is 18.3 Å². The summed E-state index contributed by atoms with van der Waals surface area (Å²) in [5, 5.41) is 19.2. The number of alkyl halides is 3. The zero-order valence-electron chi connectivity index (χ0n) is 16.8. The maximum absolute atomic E-state index is 12.8. The number of rotatable bonds is 6. The first kappa shape index (κ1) is 22.0. The van der Waals surface area contributed by atoms with E-state index in [4.69, 9.17) is 9.68 Å². The zero-order valence-corrected chi connectivity index (χ0v) is 16.8. The van der Waals surface area contributed by atoms with E-state index >= 15 is 0 Å². The van der Waals surface area contributed by atoms with Crippen LogP contribution in [0.4, 0.5) is 13.2 Å². The first-order valence-electron chi connectivity index (χ1n) is 9.36. The molecule has 0 fully saturated rings. The molecule has 0 bridgehead atoms. The summed E-state index contributed by atoms with van der Waals surface area (Å²) in [4.78, 5) is 12.3. The standard InChI is InChI=1S/C22H19F3N4O2/c1-21(2,19(30)27-12-11-26)20-29-28-18(31-20)17-6-4-3-5-15(17)13-14-7-9-16(10-8-14)22(23,24)25/h3-10H,12-13H2,1-2H3,(H,27,30). The normalized spacial score (nSPS) is 11.7. The van der Waals surface area contributed by atoms with E-state index in [2.05, 4.69) is 15.5 Å². The number of halogens is 3. The molecule has 2 aromatic carbocycles. The Labute approximate surface area is 176 Å². The summed E-state index contributed by atoms with van der Waals surface area (Å²) in [5.74, 6) is -0.150. The van der Waals surface area contributed by atoms with E-state index in [1.807, 2.05) is 12.1 Å². The number of amides is 1. The molecule has 3 aromatic rings. The van der Waals surface area contributed by atoms with Gasteiger partial charge in [-0.1, -0.05) is 30.3 Å². The fourth-order valence-electron chi connectivity index (χ4n) is 2.94. The summed E-state index contributed by atoms with van der Waals surface area (Å²) >= 11 is 0. The first-order valence-corrected chi connectivity index (χ1v) is 9.36. The molecule has 0 saturated carbocycles. The van der Waals surface area contributed by atoms with E-state index in [0.29, 0.717) is 17.5 Å². The van der Waals surface area contributed by atoms with Gasteiger partial charge in [-0.3, -0.25) is 4.79 Å². The van der Waals surface area contributed by atoms with Crippen molar-refractivity contribution in [3.05, 3.63) is 71.1 Å². The molecular weight excluding hydrogens is 409 g/mol.